The van der Waals surface area contributed by atoms with E-state index in [2.05, 4.69) is 200 Å². The average Bonchev–Trinajstić information content (AvgIpc) is 3.22. The molecule has 0 radical (unpaired) electrons. The Bertz CT molecular complexity index is 2580. The topological polar surface area (TPSA) is 18.5 Å². The van der Waals surface area contributed by atoms with Crippen LogP contribution in [-0.4, -0.2) is 8.07 Å². The van der Waals surface area contributed by atoms with Crippen molar-refractivity contribution in [2.75, 3.05) is 0 Å². The maximum atomic E-state index is 7.11. The van der Waals surface area contributed by atoms with Crippen LogP contribution in [0.15, 0.2) is 152 Å². The van der Waals surface area contributed by atoms with E-state index in [1.807, 2.05) is 0 Å². The van der Waals surface area contributed by atoms with E-state index < -0.39 is 8.07 Å². The van der Waals surface area contributed by atoms with E-state index in [1.54, 1.807) is 0 Å². The van der Waals surface area contributed by atoms with Crippen LogP contribution in [0.3, 0.4) is 0 Å². The van der Waals surface area contributed by atoms with Crippen molar-refractivity contribution < 1.29 is 9.47 Å². The van der Waals surface area contributed by atoms with Gasteiger partial charge in [-0.25, -0.2) is 0 Å². The van der Waals surface area contributed by atoms with Gasteiger partial charge in [0.1, 0.15) is 23.0 Å². The van der Waals surface area contributed by atoms with E-state index in [-0.39, 0.29) is 10.8 Å². The molecule has 0 bridgehead atoms. The summed E-state index contributed by atoms with van der Waals surface area (Å²) in [5.41, 5.74) is 10.7. The summed E-state index contributed by atoms with van der Waals surface area (Å²) in [5, 5.41) is 5.24. The summed E-state index contributed by atoms with van der Waals surface area (Å²) in [6.45, 7) is 16.1. The SMILES string of the molecule is CCc1ccc2c(c1)Oc1c(ccc(CC)c1-c1ccc([Si](c3ccccc3)(c3ccccc3)c3cccc4c3Oc3ccccc3C4(C)C)cc1C)C2(C)C. The third-order valence-electron chi connectivity index (χ3n) is 12.8. The van der Waals surface area contributed by atoms with Gasteiger partial charge in [-0.3, -0.25) is 0 Å². The Balaban J connectivity index is 1.31. The molecule has 0 unspecified atom stereocenters. The van der Waals surface area contributed by atoms with Gasteiger partial charge in [-0.2, -0.15) is 0 Å². The van der Waals surface area contributed by atoms with Crippen molar-refractivity contribution in [3.8, 4) is 34.1 Å². The van der Waals surface area contributed by atoms with Crippen molar-refractivity contribution in [3.05, 3.63) is 191 Å². The van der Waals surface area contributed by atoms with E-state index >= 15 is 0 Å². The van der Waals surface area contributed by atoms with Gasteiger partial charge in [-0.15, -0.1) is 0 Å². The largest absolute Gasteiger partial charge is 0.457 e. The van der Waals surface area contributed by atoms with Crippen molar-refractivity contribution in [1.29, 1.82) is 0 Å². The maximum absolute atomic E-state index is 7.11. The first-order valence-electron chi connectivity index (χ1n) is 20.2. The highest BCUT2D eigenvalue weighted by Gasteiger charge is 2.47. The van der Waals surface area contributed by atoms with Gasteiger partial charge in [-0.1, -0.05) is 181 Å². The smallest absolute Gasteiger partial charge is 0.184 e. The van der Waals surface area contributed by atoms with Gasteiger partial charge in [0.15, 0.2) is 8.07 Å². The fraction of sp³-hybridized carbons (Fsp3) is 0.208. The summed E-state index contributed by atoms with van der Waals surface area (Å²) >= 11 is 0. The van der Waals surface area contributed by atoms with Gasteiger partial charge in [0.25, 0.3) is 0 Å². The number of ether oxygens (including phenoxy) is 2. The molecule has 2 aliphatic rings. The number of benzene rings is 7. The van der Waals surface area contributed by atoms with Crippen LogP contribution in [0.2, 0.25) is 0 Å². The third kappa shape index (κ3) is 5.35. The molecule has 0 N–H and O–H groups in total. The van der Waals surface area contributed by atoms with Crippen LogP contribution < -0.4 is 30.2 Å². The summed E-state index contributed by atoms with van der Waals surface area (Å²) < 4.78 is 14.2. The molecule has 7 aromatic rings. The van der Waals surface area contributed by atoms with E-state index in [9.17, 15) is 0 Å². The molecule has 2 nitrogen and oxygen atoms in total. The first kappa shape index (κ1) is 36.0. The Kier molecular flexibility index (Phi) is 8.70. The zero-order valence-corrected chi connectivity index (χ0v) is 34.7. The second-order valence-corrected chi connectivity index (χ2v) is 20.4. The fourth-order valence-corrected chi connectivity index (χ4v) is 14.7. The monoisotopic (exact) mass is 746 g/mol. The summed E-state index contributed by atoms with van der Waals surface area (Å²) in [5.74, 6) is 3.89. The van der Waals surface area contributed by atoms with E-state index in [4.69, 9.17) is 9.47 Å². The van der Waals surface area contributed by atoms with Crippen LogP contribution in [-0.2, 0) is 23.7 Å². The molecule has 3 heteroatoms. The molecule has 278 valence electrons. The summed E-state index contributed by atoms with van der Waals surface area (Å²) in [6, 6.07) is 56.5. The molecule has 0 saturated heterocycles. The van der Waals surface area contributed by atoms with Crippen molar-refractivity contribution in [1.82, 2.24) is 0 Å². The molecule has 56 heavy (non-hydrogen) atoms. The van der Waals surface area contributed by atoms with Crippen LogP contribution in [0.25, 0.3) is 11.1 Å². The van der Waals surface area contributed by atoms with Gasteiger partial charge in [0, 0.05) is 38.6 Å². The predicted molar refractivity (Wildman–Crippen MR) is 236 cm³/mol. The van der Waals surface area contributed by atoms with E-state index in [0.717, 1.165) is 35.8 Å². The van der Waals surface area contributed by atoms with Crippen LogP contribution in [0.1, 0.15) is 80.5 Å². The lowest BCUT2D eigenvalue weighted by Gasteiger charge is -2.40. The lowest BCUT2D eigenvalue weighted by Crippen LogP contribution is -2.75. The Labute approximate surface area is 333 Å². The van der Waals surface area contributed by atoms with Crippen molar-refractivity contribution in [3.63, 3.8) is 0 Å². The number of fused-ring (bicyclic) bond motifs is 4. The number of rotatable bonds is 7. The summed E-state index contributed by atoms with van der Waals surface area (Å²) in [6.07, 6.45) is 1.88. The minimum absolute atomic E-state index is 0.203. The van der Waals surface area contributed by atoms with Gasteiger partial charge in [0.05, 0.1) is 0 Å². The Morgan fingerprint density at radius 2 is 1.07 bits per heavy atom. The molecular weight excluding hydrogens is 697 g/mol. The summed E-state index contributed by atoms with van der Waals surface area (Å²) in [7, 11) is -3.01. The fourth-order valence-electron chi connectivity index (χ4n) is 9.74. The lowest BCUT2D eigenvalue weighted by molar-refractivity contribution is 0.418. The number of aryl methyl sites for hydroxylation is 3. The van der Waals surface area contributed by atoms with Crippen LogP contribution in [0.4, 0.5) is 0 Å². The quantitative estimate of drug-likeness (QED) is 0.119. The minimum Gasteiger partial charge on any atom is -0.457 e. The van der Waals surface area contributed by atoms with Gasteiger partial charge >= 0.3 is 0 Å². The Hall–Kier alpha value is -5.64. The maximum Gasteiger partial charge on any atom is 0.184 e. The summed E-state index contributed by atoms with van der Waals surface area (Å²) in [4.78, 5) is 0. The highest BCUT2D eigenvalue weighted by atomic mass is 28.3. The molecule has 0 amide bonds. The standard InChI is InChI=1S/C53H50O2Si/c1-8-36-27-31-43-47(34-36)55-51-45(53(43,6)7)32-28-37(9-2)49(51)41-30-29-40(33-35(41)3)56(38-19-12-10-13-20-38,39-21-14-11-15-22-39)48-26-18-24-44-50(48)54-46-25-17-16-23-42(46)52(44,4)5/h10-34H,8-9H2,1-7H3. The number of hydrogen-bond acceptors (Lipinski definition) is 2. The first-order chi connectivity index (χ1) is 27.1. The highest BCUT2D eigenvalue weighted by Crippen LogP contribution is 2.53. The molecule has 0 saturated carbocycles. The number of para-hydroxylation sites is 2. The van der Waals surface area contributed by atoms with Crippen molar-refractivity contribution >= 4 is 28.8 Å². The van der Waals surface area contributed by atoms with Crippen molar-refractivity contribution in [2.24, 2.45) is 0 Å². The zero-order chi connectivity index (χ0) is 38.8. The van der Waals surface area contributed by atoms with Crippen LogP contribution >= 0.6 is 0 Å². The Morgan fingerprint density at radius 3 is 1.73 bits per heavy atom. The van der Waals surface area contributed by atoms with Crippen LogP contribution in [0, 0.1) is 6.92 Å². The minimum atomic E-state index is -3.01. The first-order valence-corrected chi connectivity index (χ1v) is 22.2. The molecule has 0 spiro atoms. The molecule has 9 rings (SSSR count). The second-order valence-electron chi connectivity index (χ2n) is 16.7. The molecule has 0 fully saturated rings. The average molecular weight is 747 g/mol. The van der Waals surface area contributed by atoms with E-state index in [1.165, 1.54) is 70.8 Å². The number of hydrogen-bond donors (Lipinski definition) is 0. The molecule has 7 aromatic carbocycles. The van der Waals surface area contributed by atoms with Gasteiger partial charge in [0.2, 0.25) is 0 Å². The van der Waals surface area contributed by atoms with Gasteiger partial charge < -0.3 is 9.47 Å². The molecule has 0 atom stereocenters. The normalized spacial score (nSPS) is 14.7. The predicted octanol–water partition coefficient (Wildman–Crippen LogP) is 11.0. The van der Waals surface area contributed by atoms with E-state index in [0.29, 0.717) is 0 Å². The molecule has 2 heterocycles. The molecule has 2 aliphatic heterocycles. The molecule has 0 aliphatic carbocycles. The Morgan fingerprint density at radius 1 is 0.482 bits per heavy atom. The zero-order valence-electron chi connectivity index (χ0n) is 33.7. The second kappa shape index (κ2) is 13.5. The lowest BCUT2D eigenvalue weighted by atomic mass is 9.73. The van der Waals surface area contributed by atoms with Crippen LogP contribution in [0.5, 0.6) is 23.0 Å². The molecule has 0 aromatic heterocycles. The van der Waals surface area contributed by atoms with Gasteiger partial charge in [-0.05, 0) is 74.9 Å². The third-order valence-corrected chi connectivity index (χ3v) is 17.6. The molecular formula is C53H50O2Si. The van der Waals surface area contributed by atoms with Crippen molar-refractivity contribution in [2.45, 2.75) is 72.1 Å². The highest BCUT2D eigenvalue weighted by molar-refractivity contribution is 7.20.